The molecule has 0 radical (unpaired) electrons. The van der Waals surface area contributed by atoms with E-state index in [-0.39, 0.29) is 12.1 Å². The molecule has 3 heterocycles. The van der Waals surface area contributed by atoms with Gasteiger partial charge < -0.3 is 15.4 Å². The number of fused-ring (bicyclic) bond motifs is 1. The van der Waals surface area contributed by atoms with Crippen molar-refractivity contribution in [3.8, 4) is 11.6 Å². The Kier molecular flexibility index (Phi) is 4.04. The quantitative estimate of drug-likeness (QED) is 0.771. The number of carbonyl (C=O) groups excluding carboxylic acids is 1. The molecule has 1 aliphatic rings. The van der Waals surface area contributed by atoms with Gasteiger partial charge in [-0.3, -0.25) is 0 Å². The van der Waals surface area contributed by atoms with Crippen molar-refractivity contribution in [1.29, 1.82) is 0 Å². The molecular weight excluding hydrogens is 318 g/mol. The van der Waals surface area contributed by atoms with E-state index >= 15 is 0 Å². The molecule has 3 aromatic rings. The molecular formula is C18H17N5O2. The fourth-order valence-electron chi connectivity index (χ4n) is 2.82. The summed E-state index contributed by atoms with van der Waals surface area (Å²) < 4.78 is 7.22. The molecule has 0 saturated heterocycles. The van der Waals surface area contributed by atoms with Gasteiger partial charge in [0.2, 0.25) is 0 Å². The van der Waals surface area contributed by atoms with E-state index in [9.17, 15) is 4.79 Å². The van der Waals surface area contributed by atoms with Gasteiger partial charge in [0, 0.05) is 18.2 Å². The van der Waals surface area contributed by atoms with Gasteiger partial charge in [-0.15, -0.1) is 0 Å². The Bertz CT molecular complexity index is 878. The average Bonchev–Trinajstić information content (AvgIpc) is 3.11. The van der Waals surface area contributed by atoms with Crippen LogP contribution in [0.5, 0.6) is 5.75 Å². The van der Waals surface area contributed by atoms with Crippen LogP contribution in [0.2, 0.25) is 0 Å². The highest BCUT2D eigenvalue weighted by Crippen LogP contribution is 2.31. The number of nitrogens with zero attached hydrogens (tertiary/aromatic N) is 3. The third-order valence-corrected chi connectivity index (χ3v) is 3.99. The highest BCUT2D eigenvalue weighted by atomic mass is 16.5. The second-order valence-electron chi connectivity index (χ2n) is 5.69. The third kappa shape index (κ3) is 3.30. The Morgan fingerprint density at radius 3 is 2.96 bits per heavy atom. The zero-order valence-corrected chi connectivity index (χ0v) is 13.4. The topological polar surface area (TPSA) is 81.1 Å². The molecule has 0 fully saturated rings. The molecule has 2 N–H and O–H groups in total. The van der Waals surface area contributed by atoms with Crippen LogP contribution in [0.15, 0.2) is 61.1 Å². The highest BCUT2D eigenvalue weighted by Gasteiger charge is 2.22. The Morgan fingerprint density at radius 1 is 1.20 bits per heavy atom. The van der Waals surface area contributed by atoms with Gasteiger partial charge in [0.15, 0.2) is 5.82 Å². The first-order valence-corrected chi connectivity index (χ1v) is 8.05. The zero-order chi connectivity index (χ0) is 17.1. The summed E-state index contributed by atoms with van der Waals surface area (Å²) in [5.74, 6) is 1.51. The Hall–Kier alpha value is -3.35. The molecule has 1 atom stereocenters. The van der Waals surface area contributed by atoms with E-state index < -0.39 is 0 Å². The lowest BCUT2D eigenvalue weighted by molar-refractivity contribution is 0.232. The van der Waals surface area contributed by atoms with Crippen LogP contribution in [0.3, 0.4) is 0 Å². The van der Waals surface area contributed by atoms with Crippen molar-refractivity contribution in [2.45, 2.75) is 12.5 Å². The normalized spacial score (nSPS) is 15.8. The van der Waals surface area contributed by atoms with Crippen molar-refractivity contribution in [2.24, 2.45) is 0 Å². The minimum absolute atomic E-state index is 0.0733. The van der Waals surface area contributed by atoms with Gasteiger partial charge in [-0.2, -0.15) is 5.10 Å². The summed E-state index contributed by atoms with van der Waals surface area (Å²) in [6.45, 7) is 0.583. The van der Waals surface area contributed by atoms with Gasteiger partial charge in [-0.05, 0) is 18.2 Å². The molecule has 126 valence electrons. The van der Waals surface area contributed by atoms with Gasteiger partial charge in [0.25, 0.3) is 0 Å². The van der Waals surface area contributed by atoms with Gasteiger partial charge >= 0.3 is 6.03 Å². The number of hydrogen-bond acceptors (Lipinski definition) is 4. The van der Waals surface area contributed by atoms with E-state index in [1.54, 1.807) is 23.3 Å². The van der Waals surface area contributed by atoms with E-state index in [2.05, 4.69) is 20.7 Å². The number of anilines is 1. The van der Waals surface area contributed by atoms with Crippen LogP contribution in [-0.2, 0) is 0 Å². The number of carbonyl (C=O) groups is 1. The SMILES string of the molecule is O=C(Nc1cnn(-c2ccccn2)c1)N[C@H]1CCOc2ccccc21. The molecule has 2 aromatic heterocycles. The van der Waals surface area contributed by atoms with Crippen molar-refractivity contribution in [2.75, 3.05) is 11.9 Å². The highest BCUT2D eigenvalue weighted by molar-refractivity contribution is 5.89. The molecule has 1 aromatic carbocycles. The Balaban J connectivity index is 1.43. The fraction of sp³-hybridized carbons (Fsp3) is 0.167. The zero-order valence-electron chi connectivity index (χ0n) is 13.4. The number of aromatic nitrogens is 3. The van der Waals surface area contributed by atoms with E-state index in [4.69, 9.17) is 4.74 Å². The predicted octanol–water partition coefficient (Wildman–Crippen LogP) is 2.91. The molecule has 4 rings (SSSR count). The lowest BCUT2D eigenvalue weighted by Crippen LogP contribution is -2.35. The molecule has 2 amide bonds. The minimum Gasteiger partial charge on any atom is -0.493 e. The smallest absolute Gasteiger partial charge is 0.319 e. The van der Waals surface area contributed by atoms with E-state index in [0.29, 0.717) is 18.1 Å². The summed E-state index contributed by atoms with van der Waals surface area (Å²) >= 11 is 0. The number of ether oxygens (including phenoxy) is 1. The van der Waals surface area contributed by atoms with Crippen molar-refractivity contribution in [3.63, 3.8) is 0 Å². The largest absolute Gasteiger partial charge is 0.493 e. The molecule has 7 heteroatoms. The fourth-order valence-corrected chi connectivity index (χ4v) is 2.82. The molecule has 7 nitrogen and oxygen atoms in total. The Labute approximate surface area is 144 Å². The van der Waals surface area contributed by atoms with Crippen LogP contribution in [0.25, 0.3) is 5.82 Å². The summed E-state index contributed by atoms with van der Waals surface area (Å²) in [4.78, 5) is 16.5. The van der Waals surface area contributed by atoms with Crippen LogP contribution < -0.4 is 15.4 Å². The first-order chi connectivity index (χ1) is 12.3. The Morgan fingerprint density at radius 2 is 2.08 bits per heavy atom. The maximum Gasteiger partial charge on any atom is 0.319 e. The summed E-state index contributed by atoms with van der Waals surface area (Å²) in [6.07, 6.45) is 5.74. The standard InChI is InChI=1S/C18H17N5O2/c24-18(22-15-8-10-25-16-6-2-1-5-14(15)16)21-13-11-20-23(12-13)17-7-3-4-9-19-17/h1-7,9,11-12,15H,8,10H2,(H2,21,22,24)/t15-/m0/s1. The van der Waals surface area contributed by atoms with Crippen molar-refractivity contribution in [1.82, 2.24) is 20.1 Å². The predicted molar refractivity (Wildman–Crippen MR) is 92.8 cm³/mol. The summed E-state index contributed by atoms with van der Waals surface area (Å²) in [5.41, 5.74) is 1.59. The van der Waals surface area contributed by atoms with Crippen LogP contribution >= 0.6 is 0 Å². The average molecular weight is 335 g/mol. The third-order valence-electron chi connectivity index (χ3n) is 3.99. The number of rotatable bonds is 3. The summed E-state index contributed by atoms with van der Waals surface area (Å²) in [7, 11) is 0. The second kappa shape index (κ2) is 6.64. The molecule has 0 saturated carbocycles. The van der Waals surface area contributed by atoms with Crippen LogP contribution in [0.4, 0.5) is 10.5 Å². The maximum atomic E-state index is 12.3. The minimum atomic E-state index is -0.276. The molecule has 1 aliphatic heterocycles. The lowest BCUT2D eigenvalue weighted by atomic mass is 10.0. The second-order valence-corrected chi connectivity index (χ2v) is 5.69. The van der Waals surface area contributed by atoms with Gasteiger partial charge in [0.05, 0.1) is 30.7 Å². The van der Waals surface area contributed by atoms with Crippen molar-refractivity contribution >= 4 is 11.7 Å². The molecule has 25 heavy (non-hydrogen) atoms. The van der Waals surface area contributed by atoms with E-state index in [1.165, 1.54) is 0 Å². The van der Waals surface area contributed by atoms with Gasteiger partial charge in [-0.1, -0.05) is 24.3 Å². The number of nitrogens with one attached hydrogen (secondary N) is 2. The first-order valence-electron chi connectivity index (χ1n) is 8.05. The first kappa shape index (κ1) is 15.2. The maximum absolute atomic E-state index is 12.3. The molecule has 0 spiro atoms. The van der Waals surface area contributed by atoms with E-state index in [1.807, 2.05) is 42.5 Å². The number of hydrogen-bond donors (Lipinski definition) is 2. The monoisotopic (exact) mass is 335 g/mol. The molecule has 0 bridgehead atoms. The van der Waals surface area contributed by atoms with Gasteiger partial charge in [-0.25, -0.2) is 14.5 Å². The lowest BCUT2D eigenvalue weighted by Gasteiger charge is -2.26. The number of benzene rings is 1. The van der Waals surface area contributed by atoms with Crippen LogP contribution in [0.1, 0.15) is 18.0 Å². The van der Waals surface area contributed by atoms with E-state index in [0.717, 1.165) is 17.7 Å². The van der Waals surface area contributed by atoms with Crippen LogP contribution in [0, 0.1) is 0 Å². The number of amides is 2. The van der Waals surface area contributed by atoms with Crippen LogP contribution in [-0.4, -0.2) is 27.4 Å². The number of pyridine rings is 1. The number of urea groups is 1. The summed E-state index contributed by atoms with van der Waals surface area (Å²) in [6, 6.07) is 13.0. The summed E-state index contributed by atoms with van der Waals surface area (Å²) in [5, 5.41) is 10.0. The van der Waals surface area contributed by atoms with Crippen molar-refractivity contribution < 1.29 is 9.53 Å². The van der Waals surface area contributed by atoms with Gasteiger partial charge in [0.1, 0.15) is 5.75 Å². The number of para-hydroxylation sites is 1. The van der Waals surface area contributed by atoms with Crippen molar-refractivity contribution in [3.05, 3.63) is 66.6 Å². The molecule has 0 unspecified atom stereocenters. The molecule has 0 aliphatic carbocycles.